The highest BCUT2D eigenvalue weighted by molar-refractivity contribution is 6.01. The lowest BCUT2D eigenvalue weighted by Gasteiger charge is -2.21. The first kappa shape index (κ1) is 13.8. The first-order valence-corrected chi connectivity index (χ1v) is 6.17. The van der Waals surface area contributed by atoms with Gasteiger partial charge in [0.25, 0.3) is 0 Å². The number of amidine groups is 1. The molecule has 2 rings (SSSR count). The molecular formula is C14H17N5O. The number of rotatable bonds is 4. The predicted molar refractivity (Wildman–Crippen MR) is 77.8 cm³/mol. The first-order chi connectivity index (χ1) is 9.61. The molecule has 20 heavy (non-hydrogen) atoms. The van der Waals surface area contributed by atoms with Gasteiger partial charge in [-0.05, 0) is 30.7 Å². The van der Waals surface area contributed by atoms with Gasteiger partial charge in [-0.15, -0.1) is 0 Å². The van der Waals surface area contributed by atoms with Crippen molar-refractivity contribution in [1.29, 1.82) is 0 Å². The second kappa shape index (κ2) is 6.01. The Morgan fingerprint density at radius 3 is 2.85 bits per heavy atom. The number of pyridine rings is 2. The maximum atomic E-state index is 8.86. The van der Waals surface area contributed by atoms with Crippen LogP contribution in [0.15, 0.2) is 41.8 Å². The maximum Gasteiger partial charge on any atom is 0.173 e. The van der Waals surface area contributed by atoms with Crippen molar-refractivity contribution in [3.05, 3.63) is 53.5 Å². The fourth-order valence-corrected chi connectivity index (χ4v) is 1.93. The standard InChI is InChI=1S/C14H17N5O/c1-10-5-6-12(13(15)18-20)14(17-10)19(2)9-11-4-3-7-16-8-11/h3-8,20H,9H2,1-2H3,(H2,15,18). The molecule has 2 aromatic heterocycles. The molecule has 0 aliphatic carbocycles. The van der Waals surface area contributed by atoms with E-state index in [0.717, 1.165) is 11.3 Å². The Morgan fingerprint density at radius 2 is 2.20 bits per heavy atom. The van der Waals surface area contributed by atoms with Crippen molar-refractivity contribution in [1.82, 2.24) is 9.97 Å². The van der Waals surface area contributed by atoms with E-state index < -0.39 is 0 Å². The lowest BCUT2D eigenvalue weighted by Crippen LogP contribution is -2.24. The van der Waals surface area contributed by atoms with Gasteiger partial charge < -0.3 is 15.8 Å². The van der Waals surface area contributed by atoms with Crippen LogP contribution in [0.1, 0.15) is 16.8 Å². The molecule has 0 amide bonds. The molecule has 2 heterocycles. The zero-order valence-electron chi connectivity index (χ0n) is 11.5. The molecule has 104 valence electrons. The molecule has 0 aliphatic heterocycles. The van der Waals surface area contributed by atoms with E-state index in [0.29, 0.717) is 17.9 Å². The minimum Gasteiger partial charge on any atom is -0.409 e. The Balaban J connectivity index is 2.33. The number of aromatic nitrogens is 2. The number of oxime groups is 1. The van der Waals surface area contributed by atoms with Crippen LogP contribution < -0.4 is 10.6 Å². The second-order valence-corrected chi connectivity index (χ2v) is 4.53. The van der Waals surface area contributed by atoms with E-state index in [9.17, 15) is 0 Å². The van der Waals surface area contributed by atoms with Gasteiger partial charge in [-0.25, -0.2) is 4.98 Å². The minimum atomic E-state index is 0.0468. The fourth-order valence-electron chi connectivity index (χ4n) is 1.93. The monoisotopic (exact) mass is 271 g/mol. The molecule has 0 atom stereocenters. The Bertz CT molecular complexity index is 612. The summed E-state index contributed by atoms with van der Waals surface area (Å²) < 4.78 is 0. The van der Waals surface area contributed by atoms with Crippen molar-refractivity contribution in [2.75, 3.05) is 11.9 Å². The molecule has 0 fully saturated rings. The van der Waals surface area contributed by atoms with E-state index in [2.05, 4.69) is 15.1 Å². The Kier molecular flexibility index (Phi) is 4.14. The molecule has 0 spiro atoms. The van der Waals surface area contributed by atoms with Crippen LogP contribution >= 0.6 is 0 Å². The highest BCUT2D eigenvalue weighted by Crippen LogP contribution is 2.19. The molecular weight excluding hydrogens is 254 g/mol. The van der Waals surface area contributed by atoms with Crippen molar-refractivity contribution in [3.63, 3.8) is 0 Å². The van der Waals surface area contributed by atoms with E-state index in [1.807, 2.05) is 37.1 Å². The zero-order chi connectivity index (χ0) is 14.5. The van der Waals surface area contributed by atoms with Crippen LogP contribution in [0.2, 0.25) is 0 Å². The highest BCUT2D eigenvalue weighted by Gasteiger charge is 2.13. The van der Waals surface area contributed by atoms with Gasteiger partial charge >= 0.3 is 0 Å². The topological polar surface area (TPSA) is 87.6 Å². The van der Waals surface area contributed by atoms with E-state index in [-0.39, 0.29) is 5.84 Å². The SMILES string of the molecule is Cc1ccc(C(N)=NO)c(N(C)Cc2cccnc2)n1. The molecule has 0 bridgehead atoms. The summed E-state index contributed by atoms with van der Waals surface area (Å²) in [4.78, 5) is 10.5. The van der Waals surface area contributed by atoms with Crippen molar-refractivity contribution >= 4 is 11.7 Å². The van der Waals surface area contributed by atoms with Crippen molar-refractivity contribution in [2.24, 2.45) is 10.9 Å². The van der Waals surface area contributed by atoms with Gasteiger partial charge in [0.2, 0.25) is 0 Å². The number of anilines is 1. The van der Waals surface area contributed by atoms with E-state index in [4.69, 9.17) is 10.9 Å². The molecule has 0 radical (unpaired) electrons. The Hall–Kier alpha value is -2.63. The molecule has 0 aliphatic rings. The smallest absolute Gasteiger partial charge is 0.173 e. The number of aryl methyl sites for hydroxylation is 1. The number of nitrogens with zero attached hydrogens (tertiary/aromatic N) is 4. The third kappa shape index (κ3) is 3.03. The van der Waals surface area contributed by atoms with Crippen LogP contribution in [0.5, 0.6) is 0 Å². The van der Waals surface area contributed by atoms with Gasteiger partial charge in [-0.1, -0.05) is 11.2 Å². The number of hydrogen-bond donors (Lipinski definition) is 2. The third-order valence-corrected chi connectivity index (χ3v) is 2.90. The number of hydrogen-bond acceptors (Lipinski definition) is 5. The second-order valence-electron chi connectivity index (χ2n) is 4.53. The summed E-state index contributed by atoms with van der Waals surface area (Å²) in [5.74, 6) is 0.717. The average molecular weight is 271 g/mol. The molecule has 2 aromatic rings. The minimum absolute atomic E-state index is 0.0468. The summed E-state index contributed by atoms with van der Waals surface area (Å²) >= 11 is 0. The summed E-state index contributed by atoms with van der Waals surface area (Å²) in [6.07, 6.45) is 3.53. The summed E-state index contributed by atoms with van der Waals surface area (Å²) in [7, 11) is 1.91. The normalized spacial score (nSPS) is 11.4. The van der Waals surface area contributed by atoms with Gasteiger partial charge in [-0.3, -0.25) is 4.98 Å². The molecule has 3 N–H and O–H groups in total. The maximum absolute atomic E-state index is 8.86. The third-order valence-electron chi connectivity index (χ3n) is 2.90. The lowest BCUT2D eigenvalue weighted by atomic mass is 10.2. The van der Waals surface area contributed by atoms with Gasteiger partial charge in [0, 0.05) is 31.7 Å². The van der Waals surface area contributed by atoms with Crippen LogP contribution in [0, 0.1) is 6.92 Å². The average Bonchev–Trinajstić information content (AvgIpc) is 2.47. The van der Waals surface area contributed by atoms with E-state index >= 15 is 0 Å². The Labute approximate surface area is 117 Å². The van der Waals surface area contributed by atoms with Crippen molar-refractivity contribution in [2.45, 2.75) is 13.5 Å². The van der Waals surface area contributed by atoms with Crippen LogP contribution in [-0.4, -0.2) is 28.1 Å². The lowest BCUT2D eigenvalue weighted by molar-refractivity contribution is 0.318. The molecule has 6 nitrogen and oxygen atoms in total. The van der Waals surface area contributed by atoms with Crippen molar-refractivity contribution < 1.29 is 5.21 Å². The van der Waals surface area contributed by atoms with Gasteiger partial charge in [0.1, 0.15) is 5.82 Å². The zero-order valence-corrected chi connectivity index (χ0v) is 11.5. The van der Waals surface area contributed by atoms with Crippen LogP contribution in [0.3, 0.4) is 0 Å². The van der Waals surface area contributed by atoms with Gasteiger partial charge in [-0.2, -0.15) is 0 Å². The molecule has 0 unspecified atom stereocenters. The first-order valence-electron chi connectivity index (χ1n) is 6.17. The van der Waals surface area contributed by atoms with Gasteiger partial charge in [0.15, 0.2) is 5.84 Å². The van der Waals surface area contributed by atoms with Crippen molar-refractivity contribution in [3.8, 4) is 0 Å². The van der Waals surface area contributed by atoms with Crippen LogP contribution in [0.25, 0.3) is 0 Å². The summed E-state index contributed by atoms with van der Waals surface area (Å²) in [6.45, 7) is 2.54. The summed E-state index contributed by atoms with van der Waals surface area (Å²) in [5, 5.41) is 11.9. The summed E-state index contributed by atoms with van der Waals surface area (Å²) in [5.41, 5.74) is 8.23. The highest BCUT2D eigenvalue weighted by atomic mass is 16.4. The van der Waals surface area contributed by atoms with Crippen LogP contribution in [-0.2, 0) is 6.54 Å². The molecule has 0 saturated heterocycles. The molecule has 0 saturated carbocycles. The Morgan fingerprint density at radius 1 is 1.40 bits per heavy atom. The van der Waals surface area contributed by atoms with E-state index in [1.165, 1.54) is 0 Å². The quantitative estimate of drug-likeness (QED) is 0.381. The molecule has 0 aromatic carbocycles. The largest absolute Gasteiger partial charge is 0.409 e. The van der Waals surface area contributed by atoms with Gasteiger partial charge in [0.05, 0.1) is 5.56 Å². The van der Waals surface area contributed by atoms with Crippen LogP contribution in [0.4, 0.5) is 5.82 Å². The summed E-state index contributed by atoms with van der Waals surface area (Å²) in [6, 6.07) is 7.50. The predicted octanol–water partition coefficient (Wildman–Crippen LogP) is 1.52. The van der Waals surface area contributed by atoms with E-state index in [1.54, 1.807) is 18.5 Å². The molecule has 6 heteroatoms. The number of nitrogens with two attached hydrogens (primary N) is 1. The fraction of sp³-hybridized carbons (Fsp3) is 0.214.